The maximum atomic E-state index is 12.5. The normalized spacial score (nSPS) is 11.7. The lowest BCUT2D eigenvalue weighted by Gasteiger charge is -2.20. The smallest absolute Gasteiger partial charge is 0.423 e. The first-order chi connectivity index (χ1) is 12.7. The Kier molecular flexibility index (Phi) is 4.94. The van der Waals surface area contributed by atoms with Gasteiger partial charge < -0.3 is 16.2 Å². The van der Waals surface area contributed by atoms with Crippen molar-refractivity contribution >= 4 is 35.0 Å². The third-order valence-electron chi connectivity index (χ3n) is 3.53. The summed E-state index contributed by atoms with van der Waals surface area (Å²) >= 11 is 1.46. The van der Waals surface area contributed by atoms with Crippen LogP contribution in [0, 0.1) is 0 Å². The van der Waals surface area contributed by atoms with Crippen LogP contribution >= 0.6 is 11.8 Å². The highest BCUT2D eigenvalue weighted by molar-refractivity contribution is 7.99. The van der Waals surface area contributed by atoms with Crippen LogP contribution in [-0.4, -0.2) is 36.7 Å². The molecule has 9 nitrogen and oxygen atoms in total. The second kappa shape index (κ2) is 7.05. The molecule has 0 bridgehead atoms. The van der Waals surface area contributed by atoms with Crippen LogP contribution in [0.2, 0.25) is 0 Å². The van der Waals surface area contributed by atoms with Crippen LogP contribution in [0.1, 0.15) is 20.8 Å². The molecule has 0 unspecified atom stereocenters. The number of ether oxygens (including phenoxy) is 1. The molecule has 0 amide bonds. The van der Waals surface area contributed by atoms with E-state index in [-0.39, 0.29) is 17.1 Å². The minimum Gasteiger partial charge on any atom is -0.443 e. The van der Waals surface area contributed by atoms with Gasteiger partial charge in [0.1, 0.15) is 11.9 Å². The molecule has 0 saturated carbocycles. The van der Waals surface area contributed by atoms with Gasteiger partial charge in [0.05, 0.1) is 0 Å². The van der Waals surface area contributed by atoms with E-state index in [1.165, 1.54) is 18.1 Å². The molecule has 27 heavy (non-hydrogen) atoms. The SMILES string of the molecule is CC(C)(C)OC(=O)n1c(N)nc(=O)c2c1ncn2-c1cccc(SCN)c1. The topological polar surface area (TPSA) is 131 Å². The Morgan fingerprint density at radius 1 is 1.33 bits per heavy atom. The van der Waals surface area contributed by atoms with Gasteiger partial charge in [-0.05, 0) is 39.0 Å². The van der Waals surface area contributed by atoms with Crippen molar-refractivity contribution in [3.05, 3.63) is 40.9 Å². The second-order valence-electron chi connectivity index (χ2n) is 6.69. The Morgan fingerprint density at radius 3 is 2.74 bits per heavy atom. The highest BCUT2D eigenvalue weighted by atomic mass is 32.2. The van der Waals surface area contributed by atoms with Crippen LogP contribution in [0.15, 0.2) is 40.3 Å². The predicted molar refractivity (Wildman–Crippen MR) is 104 cm³/mol. The highest BCUT2D eigenvalue weighted by Crippen LogP contribution is 2.23. The summed E-state index contributed by atoms with van der Waals surface area (Å²) in [5.41, 5.74) is 11.0. The van der Waals surface area contributed by atoms with Crippen LogP contribution in [0.5, 0.6) is 0 Å². The van der Waals surface area contributed by atoms with Crippen molar-refractivity contribution in [2.24, 2.45) is 5.73 Å². The molecule has 142 valence electrons. The minimum atomic E-state index is -0.754. The molecule has 0 aliphatic rings. The molecule has 0 aliphatic heterocycles. The Labute approximate surface area is 159 Å². The standard InChI is InChI=1S/C17H20N6O3S/c1-17(2,3)26-16(25)23-13-12(14(24)21-15(23)19)22(9-20-13)10-5-4-6-11(7-10)27-8-18/h4-7,9H,8,18H2,1-3H3,(H2,19,21,24). The van der Waals surface area contributed by atoms with Crippen LogP contribution in [0.25, 0.3) is 16.9 Å². The van der Waals surface area contributed by atoms with Crippen molar-refractivity contribution in [3.63, 3.8) is 0 Å². The summed E-state index contributed by atoms with van der Waals surface area (Å²) in [6.45, 7) is 5.19. The lowest BCUT2D eigenvalue weighted by atomic mass is 10.2. The molecule has 0 fully saturated rings. The fourth-order valence-electron chi connectivity index (χ4n) is 2.52. The maximum absolute atomic E-state index is 12.5. The maximum Gasteiger partial charge on any atom is 0.423 e. The molecule has 2 heterocycles. The number of nitrogen functional groups attached to an aromatic ring is 1. The van der Waals surface area contributed by atoms with Crippen molar-refractivity contribution < 1.29 is 9.53 Å². The monoisotopic (exact) mass is 388 g/mol. The van der Waals surface area contributed by atoms with Gasteiger partial charge in [0.25, 0.3) is 0 Å². The van der Waals surface area contributed by atoms with E-state index < -0.39 is 17.3 Å². The zero-order valence-electron chi connectivity index (χ0n) is 15.2. The molecule has 3 rings (SSSR count). The van der Waals surface area contributed by atoms with Crippen molar-refractivity contribution in [2.75, 3.05) is 11.6 Å². The van der Waals surface area contributed by atoms with Crippen molar-refractivity contribution in [1.82, 2.24) is 19.1 Å². The van der Waals surface area contributed by atoms with Gasteiger partial charge in [-0.1, -0.05) is 6.07 Å². The van der Waals surface area contributed by atoms with Gasteiger partial charge in [-0.15, -0.1) is 11.8 Å². The predicted octanol–water partition coefficient (Wildman–Crippen LogP) is 1.96. The largest absolute Gasteiger partial charge is 0.443 e. The summed E-state index contributed by atoms with van der Waals surface area (Å²) in [7, 11) is 0. The third kappa shape index (κ3) is 3.81. The van der Waals surface area contributed by atoms with E-state index in [1.807, 2.05) is 24.3 Å². The van der Waals surface area contributed by atoms with Gasteiger partial charge in [-0.25, -0.2) is 9.78 Å². The molecule has 10 heteroatoms. The summed E-state index contributed by atoms with van der Waals surface area (Å²) in [4.78, 5) is 33.9. The zero-order valence-corrected chi connectivity index (χ0v) is 16.0. The molecule has 0 atom stereocenters. The van der Waals surface area contributed by atoms with Gasteiger partial charge in [0, 0.05) is 16.5 Å². The number of carbonyl (C=O) groups excluding carboxylic acids is 1. The van der Waals surface area contributed by atoms with Crippen LogP contribution in [0.4, 0.5) is 10.7 Å². The number of fused-ring (bicyclic) bond motifs is 1. The van der Waals surface area contributed by atoms with E-state index in [1.54, 1.807) is 25.3 Å². The lowest BCUT2D eigenvalue weighted by Crippen LogP contribution is -2.30. The number of nitrogens with zero attached hydrogens (tertiary/aromatic N) is 4. The van der Waals surface area contributed by atoms with Crippen molar-refractivity contribution in [2.45, 2.75) is 31.3 Å². The average molecular weight is 388 g/mol. The van der Waals surface area contributed by atoms with Gasteiger partial charge in [0.2, 0.25) is 5.95 Å². The Hall–Kier alpha value is -2.85. The number of aromatic nitrogens is 4. The van der Waals surface area contributed by atoms with Crippen LogP contribution in [-0.2, 0) is 4.74 Å². The van der Waals surface area contributed by atoms with Crippen molar-refractivity contribution in [1.29, 1.82) is 0 Å². The number of rotatable bonds is 3. The van der Waals surface area contributed by atoms with Gasteiger partial charge in [0.15, 0.2) is 11.2 Å². The number of anilines is 1. The van der Waals surface area contributed by atoms with E-state index in [0.29, 0.717) is 11.6 Å². The first-order valence-electron chi connectivity index (χ1n) is 8.13. The van der Waals surface area contributed by atoms with Crippen molar-refractivity contribution in [3.8, 4) is 5.69 Å². The lowest BCUT2D eigenvalue weighted by molar-refractivity contribution is 0.0545. The highest BCUT2D eigenvalue weighted by Gasteiger charge is 2.24. The molecule has 0 radical (unpaired) electrons. The van der Waals surface area contributed by atoms with E-state index >= 15 is 0 Å². The number of carbonyl (C=O) groups is 1. The zero-order chi connectivity index (χ0) is 19.8. The Morgan fingerprint density at radius 2 is 2.07 bits per heavy atom. The summed E-state index contributed by atoms with van der Waals surface area (Å²) in [6, 6.07) is 7.44. The summed E-state index contributed by atoms with van der Waals surface area (Å²) < 4.78 is 7.91. The molecular formula is C17H20N6O3S. The number of imidazole rings is 1. The summed E-state index contributed by atoms with van der Waals surface area (Å²) in [5, 5.41) is 0. The fraction of sp³-hybridized carbons (Fsp3) is 0.294. The van der Waals surface area contributed by atoms with Crippen LogP contribution < -0.4 is 17.0 Å². The Balaban J connectivity index is 2.19. The first-order valence-corrected chi connectivity index (χ1v) is 9.12. The molecule has 0 aliphatic carbocycles. The molecular weight excluding hydrogens is 368 g/mol. The van der Waals surface area contributed by atoms with E-state index in [4.69, 9.17) is 16.2 Å². The molecule has 1 aromatic carbocycles. The number of hydrogen-bond donors (Lipinski definition) is 2. The molecule has 3 aromatic rings. The van der Waals surface area contributed by atoms with E-state index in [0.717, 1.165) is 9.46 Å². The van der Waals surface area contributed by atoms with Gasteiger partial charge >= 0.3 is 11.7 Å². The first kappa shape index (κ1) is 18.9. The van der Waals surface area contributed by atoms with Gasteiger partial charge in [-0.3, -0.25) is 9.36 Å². The molecule has 2 aromatic heterocycles. The number of hydrogen-bond acceptors (Lipinski definition) is 8. The summed E-state index contributed by atoms with van der Waals surface area (Å²) in [5.74, 6) is 0.150. The van der Waals surface area contributed by atoms with Gasteiger partial charge in [-0.2, -0.15) is 9.55 Å². The van der Waals surface area contributed by atoms with E-state index in [2.05, 4.69) is 9.97 Å². The number of nitrogens with two attached hydrogens (primary N) is 2. The second-order valence-corrected chi connectivity index (χ2v) is 7.78. The minimum absolute atomic E-state index is 0.0821. The number of benzene rings is 1. The van der Waals surface area contributed by atoms with Crippen LogP contribution in [0.3, 0.4) is 0 Å². The molecule has 4 N–H and O–H groups in total. The summed E-state index contributed by atoms with van der Waals surface area (Å²) in [6.07, 6.45) is 0.690. The van der Waals surface area contributed by atoms with E-state index in [9.17, 15) is 9.59 Å². The number of thioether (sulfide) groups is 1. The quantitative estimate of drug-likeness (QED) is 0.514. The fourth-order valence-corrected chi connectivity index (χ4v) is 3.09. The molecule has 0 saturated heterocycles. The average Bonchev–Trinajstić information content (AvgIpc) is 2.99. The third-order valence-corrected chi connectivity index (χ3v) is 4.28. The molecule has 0 spiro atoms. The Bertz CT molecular complexity index is 1070.